The molecule has 0 saturated heterocycles. The average Bonchev–Trinajstić information content (AvgIpc) is 3.19. The summed E-state index contributed by atoms with van der Waals surface area (Å²) < 4.78 is 0. The summed E-state index contributed by atoms with van der Waals surface area (Å²) in [7, 11) is 0. The number of benzene rings is 1. The molecule has 1 saturated carbocycles. The van der Waals surface area contributed by atoms with E-state index in [9.17, 15) is 19.7 Å². The van der Waals surface area contributed by atoms with Crippen LogP contribution >= 0.6 is 11.6 Å². The Bertz CT molecular complexity index is 585. The van der Waals surface area contributed by atoms with E-state index in [0.717, 1.165) is 18.9 Å². The summed E-state index contributed by atoms with van der Waals surface area (Å²) in [6.07, 6.45) is 1.47. The third-order valence-corrected chi connectivity index (χ3v) is 3.38. The molecule has 2 rings (SSSR count). The monoisotopic (exact) mass is 298 g/mol. The Labute approximate surface area is 118 Å². The summed E-state index contributed by atoms with van der Waals surface area (Å²) in [5.41, 5.74) is -0.384. The quantitative estimate of drug-likeness (QED) is 0.636. The molecule has 1 aliphatic rings. The van der Waals surface area contributed by atoms with Crippen LogP contribution < -0.4 is 5.32 Å². The van der Waals surface area contributed by atoms with Crippen molar-refractivity contribution in [2.45, 2.75) is 18.9 Å². The molecule has 0 spiro atoms. The zero-order valence-corrected chi connectivity index (χ0v) is 11.0. The van der Waals surface area contributed by atoms with Crippen LogP contribution in [0.25, 0.3) is 0 Å². The Morgan fingerprint density at radius 3 is 2.60 bits per heavy atom. The number of hydrogen-bond donors (Lipinski definition) is 2. The Balaban J connectivity index is 2.21. The minimum Gasteiger partial charge on any atom is -0.480 e. The van der Waals surface area contributed by atoms with Crippen molar-refractivity contribution in [3.8, 4) is 0 Å². The predicted molar refractivity (Wildman–Crippen MR) is 69.7 cm³/mol. The van der Waals surface area contributed by atoms with Crippen LogP contribution in [0.3, 0.4) is 0 Å². The number of aliphatic carboxylic acids is 1. The van der Waals surface area contributed by atoms with Gasteiger partial charge in [-0.15, -0.1) is 0 Å². The minimum atomic E-state index is -1.12. The fraction of sp³-hybridized carbons (Fsp3) is 0.333. The van der Waals surface area contributed by atoms with Gasteiger partial charge in [0.15, 0.2) is 0 Å². The number of carbonyl (C=O) groups is 2. The molecule has 7 nitrogen and oxygen atoms in total. The number of halogens is 1. The van der Waals surface area contributed by atoms with Gasteiger partial charge in [0.05, 0.1) is 15.5 Å². The number of nitrogens with one attached hydrogen (secondary N) is 1. The first-order chi connectivity index (χ1) is 9.40. The molecule has 106 valence electrons. The van der Waals surface area contributed by atoms with Gasteiger partial charge in [-0.3, -0.25) is 14.9 Å². The second kappa shape index (κ2) is 5.46. The van der Waals surface area contributed by atoms with Gasteiger partial charge in [-0.1, -0.05) is 11.6 Å². The number of hydrogen-bond acceptors (Lipinski definition) is 4. The molecule has 8 heteroatoms. The Morgan fingerprint density at radius 2 is 2.10 bits per heavy atom. The summed E-state index contributed by atoms with van der Waals surface area (Å²) in [5, 5.41) is 22.1. The SMILES string of the molecule is O=C(NC(C(=O)O)C1CC1)c1cc([N+](=O)[O-])ccc1Cl. The van der Waals surface area contributed by atoms with Gasteiger partial charge in [0.25, 0.3) is 11.6 Å². The lowest BCUT2D eigenvalue weighted by molar-refractivity contribution is -0.384. The molecule has 1 unspecified atom stereocenters. The first kappa shape index (κ1) is 14.3. The van der Waals surface area contributed by atoms with Crippen LogP contribution in [0.5, 0.6) is 0 Å². The Hall–Kier alpha value is -2.15. The molecule has 0 aliphatic heterocycles. The van der Waals surface area contributed by atoms with Crippen molar-refractivity contribution in [2.75, 3.05) is 0 Å². The number of carboxylic acid groups (broad SMARTS) is 1. The molecule has 1 fully saturated rings. The van der Waals surface area contributed by atoms with Crippen molar-refractivity contribution >= 4 is 29.2 Å². The van der Waals surface area contributed by atoms with Gasteiger partial charge in [-0.2, -0.15) is 0 Å². The van der Waals surface area contributed by atoms with Gasteiger partial charge >= 0.3 is 5.97 Å². The minimum absolute atomic E-state index is 0.0352. The van der Waals surface area contributed by atoms with Crippen LogP contribution in [0.4, 0.5) is 5.69 Å². The number of nitrogens with zero attached hydrogens (tertiary/aromatic N) is 1. The van der Waals surface area contributed by atoms with Crippen LogP contribution in [0.1, 0.15) is 23.2 Å². The molecule has 1 aromatic carbocycles. The normalized spacial score (nSPS) is 15.4. The van der Waals surface area contributed by atoms with Gasteiger partial charge in [0, 0.05) is 12.1 Å². The molecule has 2 N–H and O–H groups in total. The Morgan fingerprint density at radius 1 is 1.45 bits per heavy atom. The molecule has 1 aromatic rings. The number of rotatable bonds is 5. The van der Waals surface area contributed by atoms with E-state index >= 15 is 0 Å². The van der Waals surface area contributed by atoms with Gasteiger partial charge < -0.3 is 10.4 Å². The first-order valence-electron chi connectivity index (χ1n) is 5.87. The van der Waals surface area contributed by atoms with Crippen molar-refractivity contribution in [2.24, 2.45) is 5.92 Å². The lowest BCUT2D eigenvalue weighted by Crippen LogP contribution is -2.42. The largest absolute Gasteiger partial charge is 0.480 e. The van der Waals surface area contributed by atoms with Crippen LogP contribution in [0.15, 0.2) is 18.2 Å². The van der Waals surface area contributed by atoms with E-state index < -0.39 is 22.8 Å². The number of non-ortho nitro benzene ring substituents is 1. The summed E-state index contributed by atoms with van der Waals surface area (Å²) in [4.78, 5) is 33.1. The molecule has 20 heavy (non-hydrogen) atoms. The Kier molecular flexibility index (Phi) is 3.89. The van der Waals surface area contributed by atoms with E-state index in [2.05, 4.69) is 5.32 Å². The third kappa shape index (κ3) is 3.05. The van der Waals surface area contributed by atoms with Crippen LogP contribution in [-0.2, 0) is 4.79 Å². The van der Waals surface area contributed by atoms with Gasteiger partial charge in [-0.25, -0.2) is 4.79 Å². The zero-order valence-electron chi connectivity index (χ0n) is 10.2. The first-order valence-corrected chi connectivity index (χ1v) is 6.25. The summed E-state index contributed by atoms with van der Waals surface area (Å²) in [5.74, 6) is -1.94. The molecule has 1 amide bonds. The molecule has 0 heterocycles. The van der Waals surface area contributed by atoms with Crippen molar-refractivity contribution in [1.82, 2.24) is 5.32 Å². The third-order valence-electron chi connectivity index (χ3n) is 3.05. The molecule has 1 aliphatic carbocycles. The van der Waals surface area contributed by atoms with Crippen molar-refractivity contribution in [1.29, 1.82) is 0 Å². The molecular formula is C12H11ClN2O5. The van der Waals surface area contributed by atoms with Crippen LogP contribution in [0.2, 0.25) is 5.02 Å². The van der Waals surface area contributed by atoms with Crippen molar-refractivity contribution < 1.29 is 19.6 Å². The lowest BCUT2D eigenvalue weighted by Gasteiger charge is -2.14. The maximum atomic E-state index is 12.0. The average molecular weight is 299 g/mol. The highest BCUT2D eigenvalue weighted by Crippen LogP contribution is 2.33. The van der Waals surface area contributed by atoms with E-state index in [1.165, 1.54) is 12.1 Å². The molecular weight excluding hydrogens is 288 g/mol. The standard InChI is InChI=1S/C12H11ClN2O5/c13-9-4-3-7(15(19)20)5-8(9)11(16)14-10(12(17)18)6-1-2-6/h3-6,10H,1-2H2,(H,14,16)(H,17,18). The highest BCUT2D eigenvalue weighted by Gasteiger charge is 2.37. The van der Waals surface area contributed by atoms with Crippen molar-refractivity contribution in [3.05, 3.63) is 38.9 Å². The van der Waals surface area contributed by atoms with Gasteiger partial charge in [0.1, 0.15) is 6.04 Å². The summed E-state index contributed by atoms with van der Waals surface area (Å²) >= 11 is 5.82. The number of nitro groups is 1. The maximum Gasteiger partial charge on any atom is 0.326 e. The lowest BCUT2D eigenvalue weighted by atomic mass is 10.1. The summed E-state index contributed by atoms with van der Waals surface area (Å²) in [6.45, 7) is 0. The van der Waals surface area contributed by atoms with E-state index in [4.69, 9.17) is 16.7 Å². The molecule has 0 bridgehead atoms. The van der Waals surface area contributed by atoms with Crippen molar-refractivity contribution in [3.63, 3.8) is 0 Å². The highest BCUT2D eigenvalue weighted by atomic mass is 35.5. The van der Waals surface area contributed by atoms with E-state index in [1.807, 2.05) is 0 Å². The van der Waals surface area contributed by atoms with E-state index in [0.29, 0.717) is 0 Å². The van der Waals surface area contributed by atoms with Crippen LogP contribution in [-0.4, -0.2) is 27.9 Å². The van der Waals surface area contributed by atoms with Gasteiger partial charge in [0.2, 0.25) is 0 Å². The number of carbonyl (C=O) groups excluding carboxylic acids is 1. The zero-order chi connectivity index (χ0) is 14.9. The number of nitro benzene ring substituents is 1. The number of amides is 1. The smallest absolute Gasteiger partial charge is 0.326 e. The fourth-order valence-corrected chi connectivity index (χ4v) is 2.03. The maximum absolute atomic E-state index is 12.0. The van der Waals surface area contributed by atoms with E-state index in [-0.39, 0.29) is 22.2 Å². The molecule has 0 radical (unpaired) electrons. The topological polar surface area (TPSA) is 110 Å². The second-order valence-electron chi connectivity index (χ2n) is 4.55. The van der Waals surface area contributed by atoms with Gasteiger partial charge in [-0.05, 0) is 24.8 Å². The highest BCUT2D eigenvalue weighted by molar-refractivity contribution is 6.34. The predicted octanol–water partition coefficient (Wildman–Crippen LogP) is 1.84. The fourth-order valence-electron chi connectivity index (χ4n) is 1.83. The van der Waals surface area contributed by atoms with E-state index in [1.54, 1.807) is 0 Å². The molecule has 1 atom stereocenters. The second-order valence-corrected chi connectivity index (χ2v) is 4.96. The summed E-state index contributed by atoms with van der Waals surface area (Å²) in [6, 6.07) is 2.46. The number of carboxylic acids is 1. The van der Waals surface area contributed by atoms with Crippen LogP contribution in [0, 0.1) is 16.0 Å². The molecule has 0 aromatic heterocycles.